The first-order valence-electron chi connectivity index (χ1n) is 39.8. The van der Waals surface area contributed by atoms with Crippen LogP contribution in [0.4, 0.5) is 35.3 Å². The number of aliphatic carboxylic acids is 1. The number of rotatable bonds is 15. The summed E-state index contributed by atoms with van der Waals surface area (Å²) < 4.78 is 7.18. The zero-order valence-corrected chi connectivity index (χ0v) is 65.9. The normalized spacial score (nSPS) is 19.7. The van der Waals surface area contributed by atoms with E-state index in [4.69, 9.17) is 35.0 Å². The first-order valence-corrected chi connectivity index (χ1v) is 39.8. The van der Waals surface area contributed by atoms with Crippen molar-refractivity contribution in [2.45, 2.75) is 155 Å². The Kier molecular flexibility index (Phi) is 23.3. The minimum atomic E-state index is -0.787. The molecular formula is C84H104N24O4. The van der Waals surface area contributed by atoms with Crippen molar-refractivity contribution in [3.63, 3.8) is 0 Å². The van der Waals surface area contributed by atoms with Gasteiger partial charge >= 0.3 is 5.97 Å². The lowest BCUT2D eigenvalue weighted by atomic mass is 9.87. The highest BCUT2D eigenvalue weighted by molar-refractivity contribution is 6.08. The Labute approximate surface area is 652 Å². The average Bonchev–Trinajstić information content (AvgIpc) is 1.61. The topological polar surface area (TPSA) is 305 Å². The summed E-state index contributed by atoms with van der Waals surface area (Å²) in [5.41, 5.74) is 13.0. The van der Waals surface area contributed by atoms with Gasteiger partial charge in [-0.3, -0.25) is 34.2 Å². The molecule has 0 spiro atoms. The fourth-order valence-corrected chi connectivity index (χ4v) is 17.0. The molecule has 3 saturated carbocycles. The maximum absolute atomic E-state index is 12.5. The van der Waals surface area contributed by atoms with E-state index in [1.54, 1.807) is 19.0 Å². The van der Waals surface area contributed by atoms with Crippen LogP contribution in [-0.2, 0) is 53.3 Å². The molecule has 0 aromatic carbocycles. The Morgan fingerprint density at radius 3 is 1.09 bits per heavy atom. The summed E-state index contributed by atoms with van der Waals surface area (Å²) in [6, 6.07) is 19.7. The van der Waals surface area contributed by atoms with Crippen LogP contribution in [0.2, 0.25) is 0 Å². The summed E-state index contributed by atoms with van der Waals surface area (Å²) in [5, 5.41) is 28.1. The lowest BCUT2D eigenvalue weighted by Gasteiger charge is -2.29. The number of nitrogens with one attached hydrogen (secondary N) is 4. The third-order valence-electron chi connectivity index (χ3n) is 22.9. The molecule has 18 rings (SSSR count). The molecule has 15 heterocycles. The van der Waals surface area contributed by atoms with Gasteiger partial charge in [0.1, 0.15) is 34.4 Å². The van der Waals surface area contributed by atoms with Crippen molar-refractivity contribution in [3.8, 4) is 0 Å². The number of nitrogens with zero attached hydrogens (tertiary/aromatic N) is 20. The van der Waals surface area contributed by atoms with Crippen LogP contribution in [0.3, 0.4) is 0 Å². The number of anilines is 6. The van der Waals surface area contributed by atoms with Gasteiger partial charge in [0.15, 0.2) is 0 Å². The standard InChI is InChI=1S/2C28H34N8O.C24H27N7.C4H9NO2/c2*1-18-4-7-20(8-5-18)36-24-15-29-12-10-21(24)22-14-30-28(33-27(22)36)32-25-9-6-19-16-35(13-11-23(19)31-25)26(37)17-34(2)3;1-15-2-5-17(6-3-15)31-21-14-26-10-8-18(21)19-13-27-24(30-23(19)31)29-22-7-4-16-12-25-11-9-20(16)28-22;1-5(2)3-4(6)7/h2*6,9-10,12,14-15,18,20H,4-5,7-8,11,13,16-17H2,1-3H3,(H,30,31,32,33);4,7-8,10,13-15,17,25H,2-3,5-6,9,11-12H2,1H3,(H,27,28,29,30);3H2,1-2H3,(H,6,7). The molecule has 0 bridgehead atoms. The predicted octanol–water partition coefficient (Wildman–Crippen LogP) is 12.8. The molecule has 3 fully saturated rings. The summed E-state index contributed by atoms with van der Waals surface area (Å²) in [4.78, 5) is 101. The number of carbonyl (C=O) groups is 3. The molecule has 3 aliphatic heterocycles. The molecule has 112 heavy (non-hydrogen) atoms. The zero-order chi connectivity index (χ0) is 77.7. The Hall–Kier alpha value is -10.8. The molecule has 5 N–H and O–H groups in total. The highest BCUT2D eigenvalue weighted by atomic mass is 16.4. The van der Waals surface area contributed by atoms with Crippen LogP contribution < -0.4 is 21.3 Å². The van der Waals surface area contributed by atoms with Crippen LogP contribution in [-0.4, -0.2) is 202 Å². The van der Waals surface area contributed by atoms with Crippen molar-refractivity contribution in [1.29, 1.82) is 0 Å². The van der Waals surface area contributed by atoms with E-state index in [1.165, 1.54) is 62.3 Å². The third kappa shape index (κ3) is 17.3. The Balaban J connectivity index is 0.000000128. The van der Waals surface area contributed by atoms with Crippen molar-refractivity contribution in [2.75, 3.05) is 97.5 Å². The van der Waals surface area contributed by atoms with Gasteiger partial charge < -0.3 is 59.7 Å². The molecule has 0 radical (unpaired) electrons. The lowest BCUT2D eigenvalue weighted by molar-refractivity contribution is -0.137. The van der Waals surface area contributed by atoms with Gasteiger partial charge in [0.05, 0.1) is 54.8 Å². The number of carbonyl (C=O) groups excluding carboxylic acids is 2. The first-order chi connectivity index (χ1) is 54.3. The smallest absolute Gasteiger partial charge is 0.317 e. The molecule has 28 heteroatoms. The van der Waals surface area contributed by atoms with E-state index in [-0.39, 0.29) is 18.4 Å². The summed E-state index contributed by atoms with van der Waals surface area (Å²) in [7, 11) is 11.1. The second-order valence-electron chi connectivity index (χ2n) is 32.3. The number of fused-ring (bicyclic) bond motifs is 12. The van der Waals surface area contributed by atoms with Gasteiger partial charge in [0.25, 0.3) is 0 Å². The summed E-state index contributed by atoms with van der Waals surface area (Å²) in [6.45, 7) is 12.5. The van der Waals surface area contributed by atoms with Crippen molar-refractivity contribution < 1.29 is 19.5 Å². The molecule has 0 atom stereocenters. The van der Waals surface area contributed by atoms with E-state index in [0.29, 0.717) is 75.2 Å². The largest absolute Gasteiger partial charge is 0.480 e. The van der Waals surface area contributed by atoms with Crippen LogP contribution in [0.15, 0.2) is 110 Å². The van der Waals surface area contributed by atoms with E-state index in [0.717, 1.165) is 182 Å². The van der Waals surface area contributed by atoms with Gasteiger partial charge in [0.2, 0.25) is 29.7 Å². The van der Waals surface area contributed by atoms with Gasteiger partial charge in [-0.05, 0) is 190 Å². The predicted molar refractivity (Wildman–Crippen MR) is 438 cm³/mol. The fraction of sp³-hybridized carbons (Fsp3) is 0.464. The maximum Gasteiger partial charge on any atom is 0.317 e. The molecule has 0 saturated heterocycles. The minimum Gasteiger partial charge on any atom is -0.480 e. The van der Waals surface area contributed by atoms with Gasteiger partial charge in [-0.2, -0.15) is 15.0 Å². The molecule has 12 aromatic heterocycles. The van der Waals surface area contributed by atoms with Crippen molar-refractivity contribution >= 4 is 119 Å². The monoisotopic (exact) mass is 1510 g/mol. The number of pyridine rings is 6. The summed E-state index contributed by atoms with van der Waals surface area (Å²) in [6.07, 6.45) is 34.1. The van der Waals surface area contributed by atoms with Crippen LogP contribution in [0.25, 0.3) is 65.8 Å². The van der Waals surface area contributed by atoms with Crippen molar-refractivity contribution in [1.82, 2.24) is 103 Å². The van der Waals surface area contributed by atoms with Crippen molar-refractivity contribution in [3.05, 3.63) is 144 Å². The van der Waals surface area contributed by atoms with Gasteiger partial charge in [0, 0.05) is 163 Å². The highest BCUT2D eigenvalue weighted by Gasteiger charge is 2.31. The summed E-state index contributed by atoms with van der Waals surface area (Å²) in [5.74, 6) is 5.80. The van der Waals surface area contributed by atoms with Gasteiger partial charge in [-0.1, -0.05) is 39.0 Å². The van der Waals surface area contributed by atoms with Crippen LogP contribution in [0.1, 0.15) is 150 Å². The number of aromatic nitrogens is 15. The Morgan fingerprint density at radius 1 is 0.420 bits per heavy atom. The van der Waals surface area contributed by atoms with Crippen LogP contribution in [0, 0.1) is 17.8 Å². The number of likely N-dealkylation sites (N-methyl/N-ethyl adjacent to an activating group) is 3. The minimum absolute atomic E-state index is 0.111. The van der Waals surface area contributed by atoms with E-state index < -0.39 is 5.97 Å². The zero-order valence-electron chi connectivity index (χ0n) is 65.9. The average molecular weight is 1510 g/mol. The van der Waals surface area contributed by atoms with Crippen LogP contribution in [0.5, 0.6) is 0 Å². The fourth-order valence-electron chi connectivity index (χ4n) is 17.0. The van der Waals surface area contributed by atoms with Crippen molar-refractivity contribution in [2.24, 2.45) is 17.8 Å². The molecule has 6 aliphatic rings. The molecule has 28 nitrogen and oxygen atoms in total. The van der Waals surface area contributed by atoms with Crippen LogP contribution >= 0.6 is 0 Å². The van der Waals surface area contributed by atoms with Gasteiger partial charge in [-0.25, -0.2) is 29.9 Å². The Morgan fingerprint density at radius 2 is 0.759 bits per heavy atom. The second-order valence-corrected chi connectivity index (χ2v) is 32.3. The molecule has 0 unspecified atom stereocenters. The van der Waals surface area contributed by atoms with E-state index >= 15 is 0 Å². The molecule has 3 aliphatic carbocycles. The molecule has 12 aromatic rings. The van der Waals surface area contributed by atoms with E-state index in [2.05, 4.69) is 122 Å². The molecular weight excluding hydrogens is 1410 g/mol. The second kappa shape index (κ2) is 34.0. The quantitative estimate of drug-likeness (QED) is 0.0637. The SMILES string of the molecule is CC1CCC(n2c3cnccc3c3cnc(Nc4ccc5c(n4)CCN(C(=O)CN(C)C)C5)nc32)CC1.CC1CCC(n2c3cnccc3c3cnc(Nc4ccc5c(n4)CCN(C(=O)CN(C)C)C5)nc32)CC1.CC1CCC(n2c3cnccc3c3cnc(Nc4ccc5c(n4)CCNC5)nc32)CC1.CN(C)CC(=O)O. The maximum atomic E-state index is 12.5. The van der Waals surface area contributed by atoms with Gasteiger partial charge in [-0.15, -0.1) is 0 Å². The molecule has 584 valence electrons. The number of carboxylic acid groups (broad SMARTS) is 1. The number of carboxylic acids is 1. The third-order valence-corrected chi connectivity index (χ3v) is 22.9. The van der Waals surface area contributed by atoms with E-state index in [1.807, 2.05) is 122 Å². The highest BCUT2D eigenvalue weighted by Crippen LogP contribution is 2.42. The Bertz CT molecular complexity index is 5160. The summed E-state index contributed by atoms with van der Waals surface area (Å²) >= 11 is 0. The number of amides is 2. The van der Waals surface area contributed by atoms with E-state index in [9.17, 15) is 14.4 Å². The molecule has 2 amide bonds. The lowest BCUT2D eigenvalue weighted by Crippen LogP contribution is -2.41. The number of hydrogen-bond acceptors (Lipinski definition) is 22. The first kappa shape index (κ1) is 76.6. The number of hydrogen-bond donors (Lipinski definition) is 5.